The van der Waals surface area contributed by atoms with Crippen molar-refractivity contribution < 1.29 is 17.9 Å². The van der Waals surface area contributed by atoms with E-state index in [1.165, 1.54) is 0 Å². The van der Waals surface area contributed by atoms with Gasteiger partial charge in [-0.2, -0.15) is 0 Å². The lowest BCUT2D eigenvalue weighted by molar-refractivity contribution is -0.131. The number of nitrogens with one attached hydrogen (secondary N) is 1. The van der Waals surface area contributed by atoms with Crippen LogP contribution in [0.25, 0.3) is 0 Å². The average molecular weight is 442 g/mol. The van der Waals surface area contributed by atoms with E-state index in [4.69, 9.17) is 4.74 Å². The van der Waals surface area contributed by atoms with Gasteiger partial charge >= 0.3 is 0 Å². The van der Waals surface area contributed by atoms with Gasteiger partial charge in [0.15, 0.2) is 0 Å². The van der Waals surface area contributed by atoms with E-state index in [0.29, 0.717) is 32.5 Å². The zero-order chi connectivity index (χ0) is 21.5. The molecule has 0 aliphatic carbocycles. The predicted octanol–water partition coefficient (Wildman–Crippen LogP) is 2.00. The maximum absolute atomic E-state index is 12.9. The molecule has 3 saturated heterocycles. The number of sulfonamides is 1. The van der Waals surface area contributed by atoms with Gasteiger partial charge in [-0.15, -0.1) is 0 Å². The number of aromatic nitrogens is 1. The number of fused-ring (bicyclic) bond motifs is 1. The van der Waals surface area contributed by atoms with Crippen LogP contribution in [0.15, 0.2) is 59.8 Å². The molecule has 2 aromatic rings. The highest BCUT2D eigenvalue weighted by molar-refractivity contribution is 7.89. The second-order valence-electron chi connectivity index (χ2n) is 8.82. The van der Waals surface area contributed by atoms with Crippen molar-refractivity contribution in [3.63, 3.8) is 0 Å². The predicted molar refractivity (Wildman–Crippen MR) is 115 cm³/mol. The summed E-state index contributed by atoms with van der Waals surface area (Å²) in [7, 11) is -3.56. The Hall–Kier alpha value is -2.29. The van der Waals surface area contributed by atoms with E-state index >= 15 is 0 Å². The molecule has 1 aromatic heterocycles. The Morgan fingerprint density at radius 2 is 1.97 bits per heavy atom. The SMILES string of the molecule is O=C(CCc1ccncc1)N1C[C@@H]2[C@H](CNS(=O)(=O)c3ccccc3)[C@H]3CC[C@]2(C1)O3. The third-order valence-electron chi connectivity index (χ3n) is 7.08. The number of hydrogen-bond donors (Lipinski definition) is 1. The van der Waals surface area contributed by atoms with E-state index in [9.17, 15) is 13.2 Å². The van der Waals surface area contributed by atoms with Crippen molar-refractivity contribution in [3.8, 4) is 0 Å². The lowest BCUT2D eigenvalue weighted by atomic mass is 9.74. The van der Waals surface area contributed by atoms with Gasteiger partial charge in [-0.1, -0.05) is 18.2 Å². The highest BCUT2D eigenvalue weighted by Gasteiger charge is 2.63. The number of nitrogens with zero attached hydrogens (tertiary/aromatic N) is 2. The summed E-state index contributed by atoms with van der Waals surface area (Å²) >= 11 is 0. The number of likely N-dealkylation sites (tertiary alicyclic amines) is 1. The molecule has 7 nitrogen and oxygen atoms in total. The Bertz CT molecular complexity index is 1050. The normalized spacial score (nSPS) is 29.3. The molecule has 5 rings (SSSR count). The summed E-state index contributed by atoms with van der Waals surface area (Å²) in [4.78, 5) is 19.1. The van der Waals surface area contributed by atoms with Gasteiger partial charge in [-0.25, -0.2) is 13.1 Å². The highest BCUT2D eigenvalue weighted by atomic mass is 32.2. The van der Waals surface area contributed by atoms with Gasteiger partial charge in [-0.3, -0.25) is 9.78 Å². The van der Waals surface area contributed by atoms with Crippen LogP contribution in [0.3, 0.4) is 0 Å². The van der Waals surface area contributed by atoms with Gasteiger partial charge in [0.25, 0.3) is 0 Å². The zero-order valence-electron chi connectivity index (χ0n) is 17.3. The number of rotatable bonds is 7. The molecule has 31 heavy (non-hydrogen) atoms. The average Bonchev–Trinajstić information content (AvgIpc) is 3.46. The molecule has 8 heteroatoms. The molecule has 3 aliphatic heterocycles. The molecule has 1 spiro atoms. The maximum Gasteiger partial charge on any atom is 0.240 e. The smallest absolute Gasteiger partial charge is 0.240 e. The summed E-state index contributed by atoms with van der Waals surface area (Å²) in [6.07, 6.45) is 6.57. The second-order valence-corrected chi connectivity index (χ2v) is 10.6. The molecule has 4 atom stereocenters. The number of ether oxygens (including phenoxy) is 1. The van der Waals surface area contributed by atoms with Gasteiger partial charge in [0, 0.05) is 43.7 Å². The van der Waals surface area contributed by atoms with E-state index in [1.54, 1.807) is 42.7 Å². The number of carbonyl (C=O) groups is 1. The van der Waals surface area contributed by atoms with Crippen LogP contribution in [0.1, 0.15) is 24.8 Å². The topological polar surface area (TPSA) is 88.6 Å². The van der Waals surface area contributed by atoms with Crippen LogP contribution < -0.4 is 4.72 Å². The number of amides is 1. The Kier molecular flexibility index (Phi) is 5.32. The van der Waals surface area contributed by atoms with Crippen LogP contribution in [0.4, 0.5) is 0 Å². The quantitative estimate of drug-likeness (QED) is 0.710. The zero-order valence-corrected chi connectivity index (χ0v) is 18.1. The Morgan fingerprint density at radius 1 is 1.19 bits per heavy atom. The first-order chi connectivity index (χ1) is 15.0. The van der Waals surface area contributed by atoms with Crippen LogP contribution in [-0.4, -0.2) is 55.5 Å². The second kappa shape index (κ2) is 8.00. The summed E-state index contributed by atoms with van der Waals surface area (Å²) in [5.74, 6) is 0.399. The number of aryl methyl sites for hydroxylation is 1. The minimum Gasteiger partial charge on any atom is -0.369 e. The van der Waals surface area contributed by atoms with Crippen LogP contribution >= 0.6 is 0 Å². The summed E-state index contributed by atoms with van der Waals surface area (Å²) in [6.45, 7) is 1.60. The molecular weight excluding hydrogens is 414 g/mol. The van der Waals surface area contributed by atoms with Crippen LogP contribution in [0, 0.1) is 11.8 Å². The molecule has 0 radical (unpaired) electrons. The summed E-state index contributed by atoms with van der Waals surface area (Å²) in [6, 6.07) is 12.3. The first-order valence-electron chi connectivity index (χ1n) is 10.9. The Labute approximate surface area is 182 Å². The molecule has 1 aromatic carbocycles. The van der Waals surface area contributed by atoms with Crippen molar-refractivity contribution in [2.24, 2.45) is 11.8 Å². The molecule has 4 heterocycles. The fourth-order valence-electron chi connectivity index (χ4n) is 5.50. The number of pyridine rings is 1. The van der Waals surface area contributed by atoms with Gasteiger partial charge < -0.3 is 9.64 Å². The van der Waals surface area contributed by atoms with Gasteiger partial charge in [0.2, 0.25) is 15.9 Å². The van der Waals surface area contributed by atoms with Crippen molar-refractivity contribution in [2.75, 3.05) is 19.6 Å². The molecule has 164 valence electrons. The molecule has 1 N–H and O–H groups in total. The fourth-order valence-corrected chi connectivity index (χ4v) is 6.60. The van der Waals surface area contributed by atoms with Gasteiger partial charge in [-0.05, 0) is 49.1 Å². The molecule has 2 bridgehead atoms. The molecule has 0 unspecified atom stereocenters. The lowest BCUT2D eigenvalue weighted by Gasteiger charge is -2.29. The largest absolute Gasteiger partial charge is 0.369 e. The van der Waals surface area contributed by atoms with Gasteiger partial charge in [0.1, 0.15) is 0 Å². The van der Waals surface area contributed by atoms with E-state index in [0.717, 1.165) is 18.4 Å². The minimum absolute atomic E-state index is 0.0672. The minimum atomic E-state index is -3.56. The van der Waals surface area contributed by atoms with Crippen LogP contribution in [0.5, 0.6) is 0 Å². The third kappa shape index (κ3) is 3.88. The van der Waals surface area contributed by atoms with E-state index in [1.807, 2.05) is 17.0 Å². The van der Waals surface area contributed by atoms with E-state index in [2.05, 4.69) is 9.71 Å². The first-order valence-corrected chi connectivity index (χ1v) is 12.3. The summed E-state index contributed by atoms with van der Waals surface area (Å²) in [5, 5.41) is 0. The van der Waals surface area contributed by atoms with Crippen molar-refractivity contribution in [1.82, 2.24) is 14.6 Å². The van der Waals surface area contributed by atoms with Crippen LogP contribution in [0.2, 0.25) is 0 Å². The van der Waals surface area contributed by atoms with E-state index in [-0.39, 0.29) is 34.3 Å². The third-order valence-corrected chi connectivity index (χ3v) is 8.52. The summed E-state index contributed by atoms with van der Waals surface area (Å²) in [5.41, 5.74) is 0.797. The molecule has 1 amide bonds. The standard InChI is InChI=1S/C23H27N3O4S/c27-22(7-6-17-9-12-24-13-10-17)26-15-20-19(21-8-11-23(20,16-26)30-21)14-25-31(28,29)18-4-2-1-3-5-18/h1-5,9-10,12-13,19-21,25H,6-8,11,14-16H2/t19-,20+,21+,23+/m0/s1. The Balaban J connectivity index is 1.23. The Morgan fingerprint density at radius 3 is 2.74 bits per heavy atom. The van der Waals surface area contributed by atoms with Crippen LogP contribution in [-0.2, 0) is 26.0 Å². The highest BCUT2D eigenvalue weighted by Crippen LogP contribution is 2.54. The van der Waals surface area contributed by atoms with Gasteiger partial charge in [0.05, 0.1) is 23.1 Å². The lowest BCUT2D eigenvalue weighted by Crippen LogP contribution is -2.41. The number of benzene rings is 1. The van der Waals surface area contributed by atoms with Crippen molar-refractivity contribution in [3.05, 3.63) is 60.4 Å². The molecular formula is C23H27N3O4S. The van der Waals surface area contributed by atoms with Crippen molar-refractivity contribution in [1.29, 1.82) is 0 Å². The van der Waals surface area contributed by atoms with E-state index < -0.39 is 10.0 Å². The van der Waals surface area contributed by atoms with Crippen molar-refractivity contribution >= 4 is 15.9 Å². The fraction of sp³-hybridized carbons (Fsp3) is 0.478. The molecule has 3 aliphatic rings. The van der Waals surface area contributed by atoms with Crippen molar-refractivity contribution in [2.45, 2.75) is 42.3 Å². The molecule has 3 fully saturated rings. The molecule has 0 saturated carbocycles. The summed E-state index contributed by atoms with van der Waals surface area (Å²) < 4.78 is 34.5. The first kappa shape index (κ1) is 20.6. The maximum atomic E-state index is 12.9. The number of hydrogen-bond acceptors (Lipinski definition) is 5. The number of carbonyl (C=O) groups excluding carboxylic acids is 1. The monoisotopic (exact) mass is 441 g/mol.